The maximum absolute atomic E-state index is 5.63. The van der Waals surface area contributed by atoms with E-state index in [9.17, 15) is 0 Å². The van der Waals surface area contributed by atoms with Gasteiger partial charge in [-0.15, -0.1) is 0 Å². The summed E-state index contributed by atoms with van der Waals surface area (Å²) in [6.07, 6.45) is 5.89. The molecule has 0 spiro atoms. The molecule has 0 bridgehead atoms. The second-order valence-electron chi connectivity index (χ2n) is 6.86. The molecular weight excluding hydrogens is 234 g/mol. The lowest BCUT2D eigenvalue weighted by Gasteiger charge is -2.29. The molecule has 19 heavy (non-hydrogen) atoms. The fourth-order valence-corrected chi connectivity index (χ4v) is 2.97. The van der Waals surface area contributed by atoms with E-state index in [1.54, 1.807) is 0 Å². The molecule has 0 saturated carbocycles. The molecule has 0 aliphatic carbocycles. The molecule has 3 nitrogen and oxygen atoms in total. The van der Waals surface area contributed by atoms with Gasteiger partial charge in [-0.25, -0.2) is 4.98 Å². The molecule has 0 aromatic carbocycles. The lowest BCUT2D eigenvalue weighted by molar-refractivity contribution is 0.206. The number of likely N-dealkylation sites (tertiary alicyclic amines) is 1. The summed E-state index contributed by atoms with van der Waals surface area (Å²) >= 11 is 0. The largest absolute Gasteiger partial charge is 0.384 e. The van der Waals surface area contributed by atoms with Crippen LogP contribution in [0.5, 0.6) is 0 Å². The van der Waals surface area contributed by atoms with Crippen LogP contribution in [-0.2, 0) is 6.54 Å². The maximum atomic E-state index is 5.63. The molecule has 1 aliphatic heterocycles. The first kappa shape index (κ1) is 14.3. The summed E-state index contributed by atoms with van der Waals surface area (Å²) in [5, 5.41) is 0. The Bertz CT molecular complexity index is 391. The van der Waals surface area contributed by atoms with Crippen LogP contribution in [0.2, 0.25) is 0 Å². The van der Waals surface area contributed by atoms with Gasteiger partial charge in [-0.05, 0) is 55.3 Å². The second kappa shape index (κ2) is 5.91. The van der Waals surface area contributed by atoms with Gasteiger partial charge in [-0.1, -0.05) is 26.8 Å². The van der Waals surface area contributed by atoms with Crippen LogP contribution < -0.4 is 5.73 Å². The van der Waals surface area contributed by atoms with E-state index < -0.39 is 0 Å². The number of pyridine rings is 1. The molecule has 1 aliphatic rings. The van der Waals surface area contributed by atoms with Gasteiger partial charge < -0.3 is 5.73 Å². The molecule has 1 aromatic rings. The minimum atomic E-state index is 0.443. The van der Waals surface area contributed by atoms with Gasteiger partial charge in [0.2, 0.25) is 0 Å². The van der Waals surface area contributed by atoms with Crippen LogP contribution in [0.15, 0.2) is 18.3 Å². The summed E-state index contributed by atoms with van der Waals surface area (Å²) in [6, 6.07) is 3.99. The van der Waals surface area contributed by atoms with Gasteiger partial charge in [0.25, 0.3) is 0 Å². The molecule has 2 rings (SSSR count). The predicted molar refractivity (Wildman–Crippen MR) is 80.7 cm³/mol. The number of nitrogen functional groups attached to an aromatic ring is 1. The average Bonchev–Trinajstić information content (AvgIpc) is 2.57. The molecule has 1 unspecified atom stereocenters. The van der Waals surface area contributed by atoms with Crippen LogP contribution >= 0.6 is 0 Å². The van der Waals surface area contributed by atoms with Crippen LogP contribution in [0.3, 0.4) is 0 Å². The van der Waals surface area contributed by atoms with Crippen molar-refractivity contribution in [1.82, 2.24) is 9.88 Å². The quantitative estimate of drug-likeness (QED) is 0.888. The minimum absolute atomic E-state index is 0.443. The van der Waals surface area contributed by atoms with Crippen molar-refractivity contribution in [3.05, 3.63) is 23.9 Å². The van der Waals surface area contributed by atoms with Crippen molar-refractivity contribution in [3.8, 4) is 0 Å². The zero-order valence-electron chi connectivity index (χ0n) is 12.5. The highest BCUT2D eigenvalue weighted by Gasteiger charge is 2.26. The highest BCUT2D eigenvalue weighted by atomic mass is 15.1. The third kappa shape index (κ3) is 4.20. The van der Waals surface area contributed by atoms with Gasteiger partial charge in [-0.2, -0.15) is 0 Å². The van der Waals surface area contributed by atoms with Crippen LogP contribution in [0.1, 0.15) is 45.6 Å². The van der Waals surface area contributed by atoms with Crippen LogP contribution in [0.25, 0.3) is 0 Å². The summed E-state index contributed by atoms with van der Waals surface area (Å²) in [5.41, 5.74) is 7.34. The van der Waals surface area contributed by atoms with Gasteiger partial charge in [0.05, 0.1) is 0 Å². The van der Waals surface area contributed by atoms with Gasteiger partial charge in [0.1, 0.15) is 5.82 Å². The first-order valence-electron chi connectivity index (χ1n) is 7.38. The molecule has 3 heteroatoms. The number of anilines is 1. The second-order valence-corrected chi connectivity index (χ2v) is 6.86. The van der Waals surface area contributed by atoms with Crippen molar-refractivity contribution in [3.63, 3.8) is 0 Å². The molecule has 1 aromatic heterocycles. The van der Waals surface area contributed by atoms with Crippen molar-refractivity contribution in [2.24, 2.45) is 11.3 Å². The van der Waals surface area contributed by atoms with E-state index in [0.717, 1.165) is 12.5 Å². The van der Waals surface area contributed by atoms with Crippen molar-refractivity contribution in [2.75, 3.05) is 18.8 Å². The fourth-order valence-electron chi connectivity index (χ4n) is 2.97. The van der Waals surface area contributed by atoms with E-state index >= 15 is 0 Å². The topological polar surface area (TPSA) is 42.1 Å². The number of nitrogens with two attached hydrogens (primary N) is 1. The third-order valence-corrected chi connectivity index (χ3v) is 4.30. The zero-order chi connectivity index (χ0) is 13.9. The van der Waals surface area contributed by atoms with Crippen LogP contribution in [-0.4, -0.2) is 23.0 Å². The van der Waals surface area contributed by atoms with E-state index in [1.165, 1.54) is 37.9 Å². The molecule has 0 amide bonds. The number of rotatable bonds is 2. The Morgan fingerprint density at radius 1 is 1.26 bits per heavy atom. The Morgan fingerprint density at radius 3 is 2.68 bits per heavy atom. The first-order chi connectivity index (χ1) is 8.95. The standard InChI is InChI=1S/C16H27N3/c1-16(2,3)14-5-4-9-19(10-8-14)12-13-6-7-15(17)18-11-13/h6-7,11,14H,4-5,8-10,12H2,1-3H3,(H2,17,18). The number of aromatic nitrogens is 1. The van der Waals surface area contributed by atoms with Gasteiger partial charge in [0.15, 0.2) is 0 Å². The van der Waals surface area contributed by atoms with Crippen molar-refractivity contribution >= 4 is 5.82 Å². The Labute approximate surface area is 117 Å². The molecule has 1 saturated heterocycles. The Morgan fingerprint density at radius 2 is 2.05 bits per heavy atom. The molecule has 2 heterocycles. The lowest BCUT2D eigenvalue weighted by atomic mass is 9.77. The minimum Gasteiger partial charge on any atom is -0.384 e. The average molecular weight is 261 g/mol. The summed E-state index contributed by atoms with van der Waals surface area (Å²) in [7, 11) is 0. The SMILES string of the molecule is CC(C)(C)C1CCCN(Cc2ccc(N)nc2)CC1. The van der Waals surface area contributed by atoms with Crippen molar-refractivity contribution in [2.45, 2.75) is 46.6 Å². The smallest absolute Gasteiger partial charge is 0.123 e. The molecule has 106 valence electrons. The normalized spacial score (nSPS) is 22.2. The molecule has 1 atom stereocenters. The predicted octanol–water partition coefficient (Wildman–Crippen LogP) is 3.31. The lowest BCUT2D eigenvalue weighted by Crippen LogP contribution is -2.26. The van der Waals surface area contributed by atoms with E-state index in [2.05, 4.69) is 36.7 Å². The van der Waals surface area contributed by atoms with Gasteiger partial charge in [0, 0.05) is 12.7 Å². The number of hydrogen-bond donors (Lipinski definition) is 1. The van der Waals surface area contributed by atoms with Crippen molar-refractivity contribution < 1.29 is 0 Å². The number of hydrogen-bond acceptors (Lipinski definition) is 3. The van der Waals surface area contributed by atoms with E-state index in [1.807, 2.05) is 12.3 Å². The van der Waals surface area contributed by atoms with E-state index in [-0.39, 0.29) is 0 Å². The highest BCUT2D eigenvalue weighted by molar-refractivity contribution is 5.29. The number of nitrogens with zero attached hydrogens (tertiary/aromatic N) is 2. The molecule has 1 fully saturated rings. The summed E-state index contributed by atoms with van der Waals surface area (Å²) in [5.74, 6) is 1.45. The van der Waals surface area contributed by atoms with E-state index in [0.29, 0.717) is 11.2 Å². The van der Waals surface area contributed by atoms with Gasteiger partial charge in [-0.3, -0.25) is 4.90 Å². The molecular formula is C16H27N3. The summed E-state index contributed by atoms with van der Waals surface area (Å²) in [4.78, 5) is 6.73. The maximum Gasteiger partial charge on any atom is 0.123 e. The Balaban J connectivity index is 1.91. The summed E-state index contributed by atoms with van der Waals surface area (Å²) in [6.45, 7) is 10.5. The van der Waals surface area contributed by atoms with Crippen molar-refractivity contribution in [1.29, 1.82) is 0 Å². The first-order valence-corrected chi connectivity index (χ1v) is 7.38. The monoisotopic (exact) mass is 261 g/mol. The molecule has 2 N–H and O–H groups in total. The fraction of sp³-hybridized carbons (Fsp3) is 0.688. The van der Waals surface area contributed by atoms with E-state index in [4.69, 9.17) is 5.73 Å². The van der Waals surface area contributed by atoms with Gasteiger partial charge >= 0.3 is 0 Å². The summed E-state index contributed by atoms with van der Waals surface area (Å²) < 4.78 is 0. The molecule has 0 radical (unpaired) electrons. The third-order valence-electron chi connectivity index (χ3n) is 4.30. The van der Waals surface area contributed by atoms with Crippen LogP contribution in [0, 0.1) is 11.3 Å². The highest BCUT2D eigenvalue weighted by Crippen LogP contribution is 2.34. The van der Waals surface area contributed by atoms with Crippen LogP contribution in [0.4, 0.5) is 5.82 Å². The Kier molecular flexibility index (Phi) is 4.46. The Hall–Kier alpha value is -1.09. The zero-order valence-corrected chi connectivity index (χ0v) is 12.5.